The Morgan fingerprint density at radius 1 is 1.04 bits per heavy atom. The molecule has 3 aromatic rings. The molecule has 0 spiro atoms. The summed E-state index contributed by atoms with van der Waals surface area (Å²) in [5.74, 6) is -2.85. The number of halogens is 1. The predicted octanol–water partition coefficient (Wildman–Crippen LogP) is 5.85. The number of hydrogen-bond acceptors (Lipinski definition) is 17. The first kappa shape index (κ1) is 59.7. The van der Waals surface area contributed by atoms with E-state index in [1.54, 1.807) is 45.7 Å². The van der Waals surface area contributed by atoms with E-state index < -0.39 is 102 Å². The Bertz CT molecular complexity index is 2250. The van der Waals surface area contributed by atoms with Gasteiger partial charge in [-0.3, -0.25) is 9.59 Å². The second kappa shape index (κ2) is 25.3. The molecule has 18 atom stereocenters. The number of nitrogens with zero attached hydrogens (tertiary/aromatic N) is 6. The van der Waals surface area contributed by atoms with Crippen LogP contribution < -0.4 is 5.32 Å². The maximum atomic E-state index is 14.6. The summed E-state index contributed by atoms with van der Waals surface area (Å²) in [4.78, 5) is 34.8. The van der Waals surface area contributed by atoms with Gasteiger partial charge in [-0.15, -0.1) is 5.10 Å². The lowest BCUT2D eigenvalue weighted by Crippen LogP contribution is -2.61. The van der Waals surface area contributed by atoms with Crippen LogP contribution in [-0.4, -0.2) is 181 Å². The van der Waals surface area contributed by atoms with Crippen LogP contribution in [0.3, 0.4) is 0 Å². The molecule has 3 fully saturated rings. The highest BCUT2D eigenvalue weighted by atomic mass is 32.1. The Balaban J connectivity index is 1.21. The number of aromatic nitrogens is 4. The molecule has 3 aliphatic rings. The topological polar surface area (TPSA) is 223 Å². The zero-order valence-corrected chi connectivity index (χ0v) is 46.7. The van der Waals surface area contributed by atoms with Gasteiger partial charge in [0, 0.05) is 69.9 Å². The molecular weight excluding hydrogens is 974 g/mol. The van der Waals surface area contributed by atoms with Crippen LogP contribution in [0.15, 0.2) is 36.7 Å². The average molecular weight is 1060 g/mol. The summed E-state index contributed by atoms with van der Waals surface area (Å²) in [7, 11) is 5.47. The first-order chi connectivity index (χ1) is 34.8. The van der Waals surface area contributed by atoms with E-state index in [2.05, 4.69) is 32.6 Å². The number of aliphatic hydroxyl groups excluding tert-OH is 2. The fourth-order valence-corrected chi connectivity index (χ4v) is 12.8. The van der Waals surface area contributed by atoms with Crippen LogP contribution >= 0.6 is 11.3 Å². The largest absolute Gasteiger partial charge is 0.459 e. The number of carbonyl (C=O) groups excluding carboxylic acids is 2. The van der Waals surface area contributed by atoms with Crippen molar-refractivity contribution in [3.05, 3.63) is 47.9 Å². The maximum Gasteiger partial charge on any atom is 0.309 e. The van der Waals surface area contributed by atoms with E-state index in [1.165, 1.54) is 18.3 Å². The van der Waals surface area contributed by atoms with Crippen LogP contribution in [0.25, 0.3) is 10.4 Å². The van der Waals surface area contributed by atoms with Crippen molar-refractivity contribution in [2.45, 2.75) is 198 Å². The summed E-state index contributed by atoms with van der Waals surface area (Å²) in [6.45, 7) is 18.8. The van der Waals surface area contributed by atoms with Crippen LogP contribution in [0.1, 0.15) is 119 Å². The molecule has 0 saturated carbocycles. The highest BCUT2D eigenvalue weighted by Crippen LogP contribution is 2.45. The molecule has 6 rings (SSSR count). The van der Waals surface area contributed by atoms with Gasteiger partial charge in [0.05, 0.1) is 58.1 Å². The van der Waals surface area contributed by atoms with Crippen LogP contribution in [0.4, 0.5) is 9.52 Å². The molecule has 18 nitrogen and oxygen atoms in total. The highest BCUT2D eigenvalue weighted by Gasteiger charge is 2.54. The molecule has 74 heavy (non-hydrogen) atoms. The minimum absolute atomic E-state index is 0.0103. The third-order valence-electron chi connectivity index (χ3n) is 16.6. The molecule has 1 unspecified atom stereocenters. The lowest BCUT2D eigenvalue weighted by molar-refractivity contribution is -0.275. The predicted molar refractivity (Wildman–Crippen MR) is 280 cm³/mol. The Labute approximate surface area is 441 Å². The van der Waals surface area contributed by atoms with Crippen molar-refractivity contribution in [1.29, 1.82) is 0 Å². The number of aliphatic hydroxyl groups is 4. The number of ether oxygens (including phenoxy) is 5. The number of benzene rings is 1. The number of alkyl halides is 1. The van der Waals surface area contributed by atoms with E-state index in [0.717, 1.165) is 28.1 Å². The monoisotopic (exact) mass is 1060 g/mol. The van der Waals surface area contributed by atoms with E-state index in [1.807, 2.05) is 77.0 Å². The number of esters is 1. The Morgan fingerprint density at radius 2 is 1.74 bits per heavy atom. The zero-order valence-electron chi connectivity index (χ0n) is 45.9. The molecule has 3 aliphatic heterocycles. The first-order valence-corrected chi connectivity index (χ1v) is 27.3. The maximum absolute atomic E-state index is 14.6. The van der Waals surface area contributed by atoms with Crippen LogP contribution in [0, 0.1) is 23.7 Å². The second-order valence-electron chi connectivity index (χ2n) is 22.6. The fourth-order valence-electron chi connectivity index (χ4n) is 12.1. The molecule has 0 bridgehead atoms. The average Bonchev–Trinajstić information content (AvgIpc) is 4.04. The lowest BCUT2D eigenvalue weighted by Gasteiger charge is -2.51. The smallest absolute Gasteiger partial charge is 0.309 e. The summed E-state index contributed by atoms with van der Waals surface area (Å²) < 4.78 is 48.7. The summed E-state index contributed by atoms with van der Waals surface area (Å²) in [5, 5.41) is 59.7. The normalized spacial score (nSPS) is 37.7. The summed E-state index contributed by atoms with van der Waals surface area (Å²) in [6.07, 6.45) is 0.536. The van der Waals surface area contributed by atoms with E-state index in [-0.39, 0.29) is 37.3 Å². The molecule has 0 radical (unpaired) electrons. The van der Waals surface area contributed by atoms with Gasteiger partial charge in [-0.05, 0) is 104 Å². The number of anilines is 1. The van der Waals surface area contributed by atoms with Gasteiger partial charge in [-0.1, -0.05) is 68.5 Å². The molecule has 5 heterocycles. The standard InChI is InChI=1S/C54H86FN7O11S/c1-14-44-54(10,68)47(64)35(6)61(12)28-31(2)24-52(8,67)49(33(4)46(34(5)50(66)72-44)42-25-53(9,69-13)48(65)36(7)71-42)73-45-23-40(21-32(3)70-45)60(11)20-19-39-29-62(59-58-39)41(26-55)22-37-15-17-38(18-16-37)43-27-56-51(74-43)57-30-63/h15-18,27,29-36,40-42,44-49,64-65,67-68H,14,19-26,28H2,1-13H3,(H,56,57,63)/t31-,32-,33+,34-,35-,36+,40+,41+,42-,44-,45+,46?,47-,48+,49-,52-,53-,54-/m1/s1. The second-order valence-corrected chi connectivity index (χ2v) is 23.6. The molecule has 416 valence electrons. The van der Waals surface area contributed by atoms with E-state index >= 15 is 0 Å². The molecule has 3 saturated heterocycles. The van der Waals surface area contributed by atoms with Crippen molar-refractivity contribution in [1.82, 2.24) is 29.8 Å². The van der Waals surface area contributed by atoms with Crippen LogP contribution in [0.2, 0.25) is 0 Å². The highest BCUT2D eigenvalue weighted by molar-refractivity contribution is 7.19. The van der Waals surface area contributed by atoms with Gasteiger partial charge in [0.15, 0.2) is 11.4 Å². The molecule has 2 aromatic heterocycles. The number of rotatable bonds is 16. The van der Waals surface area contributed by atoms with Gasteiger partial charge in [-0.2, -0.15) is 0 Å². The molecule has 1 aromatic carbocycles. The van der Waals surface area contributed by atoms with Crippen molar-refractivity contribution in [3.8, 4) is 10.4 Å². The molecule has 1 amide bonds. The van der Waals surface area contributed by atoms with Crippen LogP contribution in [-0.2, 0) is 46.1 Å². The van der Waals surface area contributed by atoms with Crippen molar-refractivity contribution in [3.63, 3.8) is 0 Å². The van der Waals surface area contributed by atoms with Gasteiger partial charge < -0.3 is 59.2 Å². The quantitative estimate of drug-likeness (QED) is 0.0838. The van der Waals surface area contributed by atoms with Crippen molar-refractivity contribution in [2.24, 2.45) is 23.7 Å². The summed E-state index contributed by atoms with van der Waals surface area (Å²) in [5.41, 5.74) is -1.70. The Morgan fingerprint density at radius 3 is 2.39 bits per heavy atom. The number of nitrogens with one attached hydrogen (secondary N) is 1. The summed E-state index contributed by atoms with van der Waals surface area (Å²) in [6, 6.07) is 6.76. The number of likely N-dealkylation sites (N-methyl/N-ethyl adjacent to an activating group) is 2. The number of carbonyl (C=O) groups is 2. The Kier molecular flexibility index (Phi) is 20.4. The SMILES string of the molecule is CC[C@H]1OC(=O)[C@H](C)C([C@H]2C[C@@](C)(OC)[C@@H](O)[C@H](C)O2)[C@H](C)[C@@H](O[C@H]2C[C@@H](N(C)CCc3cn([C@H](CF)Cc4ccc(-c5cnc(NC=O)s5)cc4)nn3)C[C@@H](C)O2)[C@](C)(O)C[C@@H](C)CN(C)[C@H](C)[C@@H](O)[C@]1(C)O. The zero-order chi connectivity index (χ0) is 54.4. The molecule has 5 N–H and O–H groups in total. The molecule has 20 heteroatoms. The van der Waals surface area contributed by atoms with E-state index in [4.69, 9.17) is 23.7 Å². The number of methoxy groups -OCH3 is 1. The van der Waals surface area contributed by atoms with Gasteiger partial charge in [0.2, 0.25) is 6.41 Å². The van der Waals surface area contributed by atoms with Gasteiger partial charge in [0.25, 0.3) is 0 Å². The number of amides is 1. The van der Waals surface area contributed by atoms with Gasteiger partial charge in [-0.25, -0.2) is 14.1 Å². The van der Waals surface area contributed by atoms with E-state index in [9.17, 15) is 34.4 Å². The lowest BCUT2D eigenvalue weighted by atomic mass is 9.68. The van der Waals surface area contributed by atoms with E-state index in [0.29, 0.717) is 43.9 Å². The van der Waals surface area contributed by atoms with Crippen molar-refractivity contribution < 1.29 is 58.1 Å². The van der Waals surface area contributed by atoms with Crippen molar-refractivity contribution in [2.75, 3.05) is 46.3 Å². The third-order valence-corrected chi connectivity index (χ3v) is 17.6. The molecular formula is C54H86FN7O11S. The van der Waals surface area contributed by atoms with Crippen LogP contribution in [0.5, 0.6) is 0 Å². The fraction of sp³-hybridized carbons (Fsp3) is 0.759. The number of hydrogen-bond donors (Lipinski definition) is 5. The minimum atomic E-state index is -1.80. The van der Waals surface area contributed by atoms with Crippen molar-refractivity contribution >= 4 is 28.8 Å². The van der Waals surface area contributed by atoms with Gasteiger partial charge >= 0.3 is 5.97 Å². The number of cyclic esters (lactones) is 1. The van der Waals surface area contributed by atoms with Gasteiger partial charge in [0.1, 0.15) is 30.6 Å². The number of thiazole rings is 1. The minimum Gasteiger partial charge on any atom is -0.459 e. The Hall–Kier alpha value is -3.54. The molecule has 0 aliphatic carbocycles. The summed E-state index contributed by atoms with van der Waals surface area (Å²) >= 11 is 1.37. The first-order valence-electron chi connectivity index (χ1n) is 26.5. The third kappa shape index (κ3) is 13.9.